The Balaban J connectivity index is 0.00000420. The number of hydrogen-bond donors (Lipinski definition) is 0. The van der Waals surface area contributed by atoms with E-state index >= 15 is 0 Å². The molecule has 1 unspecified atom stereocenters. The number of amides is 1. The van der Waals surface area contributed by atoms with E-state index < -0.39 is 0 Å². The number of carbonyl (C=O) groups excluding carboxylic acids is 2. The summed E-state index contributed by atoms with van der Waals surface area (Å²) in [6.45, 7) is 6.41. The maximum absolute atomic E-state index is 12.6. The van der Waals surface area contributed by atoms with Crippen molar-refractivity contribution in [2.75, 3.05) is 34.4 Å². The number of ketones is 1. The van der Waals surface area contributed by atoms with Crippen molar-refractivity contribution in [3.63, 3.8) is 0 Å². The molecule has 1 fully saturated rings. The van der Waals surface area contributed by atoms with Gasteiger partial charge in [0.25, 0.3) is 0 Å². The molecule has 1 saturated heterocycles. The van der Waals surface area contributed by atoms with Crippen molar-refractivity contribution in [1.29, 1.82) is 0 Å². The van der Waals surface area contributed by atoms with Crippen molar-refractivity contribution in [3.05, 3.63) is 23.8 Å². The van der Waals surface area contributed by atoms with Gasteiger partial charge in [-0.2, -0.15) is 0 Å². The first kappa shape index (κ1) is 25.2. The van der Waals surface area contributed by atoms with E-state index in [1.807, 2.05) is 11.9 Å². The van der Waals surface area contributed by atoms with E-state index in [1.165, 1.54) is 7.11 Å². The van der Waals surface area contributed by atoms with Gasteiger partial charge in [0.2, 0.25) is 5.91 Å². The number of Topliss-reactive ketones (excluding diaryl/α,β-unsaturated/α-hetero) is 1. The molecule has 0 radical (unpaired) electrons. The first-order valence-electron chi connectivity index (χ1n) is 10.2. The van der Waals surface area contributed by atoms with E-state index in [2.05, 4.69) is 18.7 Å². The number of methoxy groups -OCH3 is 2. The summed E-state index contributed by atoms with van der Waals surface area (Å²) >= 11 is 0. The zero-order valence-electron chi connectivity index (χ0n) is 18.3. The largest absolute Gasteiger partial charge is 0.493 e. The molecule has 0 aromatic heterocycles. The first-order chi connectivity index (χ1) is 13.4. The quantitative estimate of drug-likeness (QED) is 0.532. The third-order valence-corrected chi connectivity index (χ3v) is 5.87. The Labute approximate surface area is 180 Å². The van der Waals surface area contributed by atoms with Crippen LogP contribution in [0.4, 0.5) is 0 Å². The van der Waals surface area contributed by atoms with Crippen LogP contribution in [0.25, 0.3) is 0 Å². The van der Waals surface area contributed by atoms with Gasteiger partial charge in [-0.15, -0.1) is 12.4 Å². The molecule has 6 nitrogen and oxygen atoms in total. The lowest BCUT2D eigenvalue weighted by Gasteiger charge is -2.28. The molecule has 1 aliphatic heterocycles. The Kier molecular flexibility index (Phi) is 10.5. The summed E-state index contributed by atoms with van der Waals surface area (Å²) in [5.74, 6) is 1.07. The van der Waals surface area contributed by atoms with Crippen LogP contribution in [0.3, 0.4) is 0 Å². The van der Waals surface area contributed by atoms with Crippen LogP contribution in [0.15, 0.2) is 18.2 Å². The Morgan fingerprint density at radius 2 is 1.79 bits per heavy atom. The molecule has 0 bridgehead atoms. The number of likely N-dealkylation sites (N-methyl/N-ethyl adjacent to an activating group) is 1. The van der Waals surface area contributed by atoms with Gasteiger partial charge >= 0.3 is 0 Å². The average Bonchev–Trinajstić information content (AvgIpc) is 3.21. The third-order valence-electron chi connectivity index (χ3n) is 5.87. The molecule has 0 saturated carbocycles. The molecule has 7 heteroatoms. The Morgan fingerprint density at radius 3 is 2.38 bits per heavy atom. The van der Waals surface area contributed by atoms with E-state index in [4.69, 9.17) is 9.47 Å². The number of carbonyl (C=O) groups is 2. The van der Waals surface area contributed by atoms with Gasteiger partial charge in [-0.1, -0.05) is 13.8 Å². The second-order valence-corrected chi connectivity index (χ2v) is 7.41. The maximum atomic E-state index is 12.6. The fourth-order valence-corrected chi connectivity index (χ4v) is 3.98. The van der Waals surface area contributed by atoms with E-state index in [0.29, 0.717) is 23.1 Å². The van der Waals surface area contributed by atoms with Gasteiger partial charge in [0.1, 0.15) is 0 Å². The molecule has 1 heterocycles. The van der Waals surface area contributed by atoms with Gasteiger partial charge in [0.05, 0.1) is 14.2 Å². The van der Waals surface area contributed by atoms with E-state index in [9.17, 15) is 9.59 Å². The lowest BCUT2D eigenvalue weighted by Crippen LogP contribution is -2.41. The highest BCUT2D eigenvalue weighted by Gasteiger charge is 2.31. The first-order valence-corrected chi connectivity index (χ1v) is 10.2. The second-order valence-electron chi connectivity index (χ2n) is 7.41. The predicted octanol–water partition coefficient (Wildman–Crippen LogP) is 3.81. The van der Waals surface area contributed by atoms with Crippen LogP contribution in [-0.2, 0) is 4.79 Å². The molecule has 29 heavy (non-hydrogen) atoms. The van der Waals surface area contributed by atoms with Gasteiger partial charge < -0.3 is 14.4 Å². The van der Waals surface area contributed by atoms with E-state index in [-0.39, 0.29) is 43.0 Å². The van der Waals surface area contributed by atoms with Crippen LogP contribution >= 0.6 is 12.4 Å². The molecule has 0 aliphatic carbocycles. The van der Waals surface area contributed by atoms with Crippen LogP contribution in [0.2, 0.25) is 0 Å². The Hall–Kier alpha value is -1.79. The zero-order valence-corrected chi connectivity index (χ0v) is 19.1. The van der Waals surface area contributed by atoms with Gasteiger partial charge in [-0.25, -0.2) is 0 Å². The maximum Gasteiger partial charge on any atom is 0.223 e. The number of nitrogens with zero attached hydrogens (tertiary/aromatic N) is 2. The lowest BCUT2D eigenvalue weighted by molar-refractivity contribution is -0.131. The number of halogens is 1. The molecule has 1 aromatic carbocycles. The molecule has 1 aliphatic rings. The van der Waals surface area contributed by atoms with Crippen molar-refractivity contribution in [1.82, 2.24) is 9.80 Å². The highest BCUT2D eigenvalue weighted by Crippen LogP contribution is 2.28. The molecule has 164 valence electrons. The summed E-state index contributed by atoms with van der Waals surface area (Å²) in [7, 11) is 4.96. The van der Waals surface area contributed by atoms with Crippen LogP contribution in [0.1, 0.15) is 56.3 Å². The van der Waals surface area contributed by atoms with Crippen LogP contribution < -0.4 is 9.47 Å². The molecule has 0 spiro atoms. The summed E-state index contributed by atoms with van der Waals surface area (Å²) in [6, 6.07) is 5.93. The zero-order chi connectivity index (χ0) is 20.7. The van der Waals surface area contributed by atoms with Crippen molar-refractivity contribution >= 4 is 24.1 Å². The second kappa shape index (κ2) is 12.0. The smallest absolute Gasteiger partial charge is 0.223 e. The standard InChI is InChI=1S/C22H34N2O4.ClH/c1-6-17(7-2)24-13-12-18(15-24)23(3)22(26)11-9-19(25)16-8-10-20(27-4)21(14-16)28-5;/h8,10,14,17-18H,6-7,9,11-13,15H2,1-5H3;1H. The van der Waals surface area contributed by atoms with Crippen molar-refractivity contribution < 1.29 is 19.1 Å². The summed E-state index contributed by atoms with van der Waals surface area (Å²) in [5.41, 5.74) is 0.536. The third kappa shape index (κ3) is 6.34. The summed E-state index contributed by atoms with van der Waals surface area (Å²) in [4.78, 5) is 29.4. The number of hydrogen-bond acceptors (Lipinski definition) is 5. The van der Waals surface area contributed by atoms with E-state index in [0.717, 1.165) is 32.4 Å². The van der Waals surface area contributed by atoms with Gasteiger partial charge in [-0.05, 0) is 37.5 Å². The minimum atomic E-state index is -0.0622. The van der Waals surface area contributed by atoms with Gasteiger partial charge in [0.15, 0.2) is 17.3 Å². The lowest BCUT2D eigenvalue weighted by atomic mass is 10.1. The molecule has 2 rings (SSSR count). The number of likely N-dealkylation sites (tertiary alicyclic amines) is 1. The van der Waals surface area contributed by atoms with Crippen LogP contribution in [0, 0.1) is 0 Å². The topological polar surface area (TPSA) is 59.1 Å². The van der Waals surface area contributed by atoms with Crippen LogP contribution in [-0.4, -0.2) is 67.9 Å². The molecule has 1 atom stereocenters. The normalized spacial score (nSPS) is 16.4. The average molecular weight is 427 g/mol. The number of rotatable bonds is 10. The Morgan fingerprint density at radius 1 is 1.14 bits per heavy atom. The minimum absolute atomic E-state index is 0. The van der Waals surface area contributed by atoms with Crippen molar-refractivity contribution in [3.8, 4) is 11.5 Å². The number of benzene rings is 1. The van der Waals surface area contributed by atoms with Gasteiger partial charge in [-0.3, -0.25) is 14.5 Å². The van der Waals surface area contributed by atoms with Crippen molar-refractivity contribution in [2.45, 2.75) is 58.0 Å². The molecule has 0 N–H and O–H groups in total. The molecule has 1 amide bonds. The number of ether oxygens (including phenoxy) is 2. The fourth-order valence-electron chi connectivity index (χ4n) is 3.98. The highest BCUT2D eigenvalue weighted by molar-refractivity contribution is 5.98. The Bertz CT molecular complexity index is 679. The minimum Gasteiger partial charge on any atom is -0.493 e. The summed E-state index contributed by atoms with van der Waals surface area (Å²) in [5, 5.41) is 0. The van der Waals surface area contributed by atoms with E-state index in [1.54, 1.807) is 25.3 Å². The van der Waals surface area contributed by atoms with Gasteiger partial charge in [0, 0.05) is 50.6 Å². The predicted molar refractivity (Wildman–Crippen MR) is 117 cm³/mol. The monoisotopic (exact) mass is 426 g/mol. The molecular formula is C22H35ClN2O4. The van der Waals surface area contributed by atoms with Crippen LogP contribution in [0.5, 0.6) is 11.5 Å². The van der Waals surface area contributed by atoms with Crippen molar-refractivity contribution in [2.24, 2.45) is 0 Å². The molecular weight excluding hydrogens is 392 g/mol. The fraction of sp³-hybridized carbons (Fsp3) is 0.636. The summed E-state index contributed by atoms with van der Waals surface area (Å²) < 4.78 is 10.4. The summed E-state index contributed by atoms with van der Waals surface area (Å²) in [6.07, 6.45) is 3.70. The highest BCUT2D eigenvalue weighted by atomic mass is 35.5. The SMILES string of the molecule is CCC(CC)N1CCC(N(C)C(=O)CCC(=O)c2ccc(OC)c(OC)c2)C1.Cl. The molecule has 1 aromatic rings.